The summed E-state index contributed by atoms with van der Waals surface area (Å²) >= 11 is 2.05. The molecule has 0 aliphatic carbocycles. The van der Waals surface area contributed by atoms with E-state index in [1.807, 2.05) is 11.8 Å². The van der Waals surface area contributed by atoms with Gasteiger partial charge < -0.3 is 20.7 Å². The maximum absolute atomic E-state index is 5.46. The van der Waals surface area contributed by atoms with E-state index in [0.717, 1.165) is 61.9 Å². The van der Waals surface area contributed by atoms with Gasteiger partial charge in [0.15, 0.2) is 0 Å². The fourth-order valence-corrected chi connectivity index (χ4v) is 3.07. The van der Waals surface area contributed by atoms with Crippen LogP contribution >= 0.6 is 11.8 Å². The van der Waals surface area contributed by atoms with Gasteiger partial charge in [0.1, 0.15) is 0 Å². The summed E-state index contributed by atoms with van der Waals surface area (Å²) in [4.78, 5) is 0. The largest absolute Gasteiger partial charge is 0.367 e. The number of hydrogen-bond acceptors (Lipinski definition) is 6. The molecule has 0 amide bonds. The molecule has 23 heavy (non-hydrogen) atoms. The second-order valence-corrected chi connectivity index (χ2v) is 7.76. The van der Waals surface area contributed by atoms with Crippen LogP contribution in [0.3, 0.4) is 0 Å². The van der Waals surface area contributed by atoms with Crippen LogP contribution in [-0.4, -0.2) is 80.2 Å². The molecule has 2 radical (unpaired) electrons. The zero-order valence-corrected chi connectivity index (χ0v) is 17.0. The quantitative estimate of drug-likeness (QED) is 0.147. The van der Waals surface area contributed by atoms with Gasteiger partial charge in [0, 0.05) is 41.5 Å². The van der Waals surface area contributed by atoms with Crippen LogP contribution in [0.2, 0.25) is 12.6 Å². The van der Waals surface area contributed by atoms with Crippen molar-refractivity contribution in [3.8, 4) is 0 Å². The van der Waals surface area contributed by atoms with Gasteiger partial charge in [-0.1, -0.05) is 13.5 Å². The summed E-state index contributed by atoms with van der Waals surface area (Å²) in [5.41, 5.74) is 0. The van der Waals surface area contributed by atoms with Crippen LogP contribution in [0.15, 0.2) is 0 Å². The maximum Gasteiger partial charge on any atom is 0.0965 e. The van der Waals surface area contributed by atoms with Gasteiger partial charge in [-0.05, 0) is 50.8 Å². The van der Waals surface area contributed by atoms with Crippen molar-refractivity contribution >= 4 is 21.3 Å². The molecule has 0 aliphatic rings. The molecular weight excluding hydrogens is 324 g/mol. The highest BCUT2D eigenvalue weighted by atomic mass is 32.2. The Morgan fingerprint density at radius 1 is 0.826 bits per heavy atom. The number of thioether (sulfide) groups is 1. The minimum Gasteiger partial charge on any atom is -0.367 e. The first-order valence-corrected chi connectivity index (χ1v) is 11.9. The average Bonchev–Trinajstić information content (AvgIpc) is 2.57. The van der Waals surface area contributed by atoms with E-state index in [-0.39, 0.29) is 0 Å². The van der Waals surface area contributed by atoms with Gasteiger partial charge in [-0.15, -0.1) is 0 Å². The molecule has 0 fully saturated rings. The summed E-state index contributed by atoms with van der Waals surface area (Å²) in [6, 6.07) is 1.19. The minimum atomic E-state index is 0.697. The Morgan fingerprint density at radius 3 is 2.39 bits per heavy atom. The Labute approximate surface area is 150 Å². The Bertz CT molecular complexity index is 197. The van der Waals surface area contributed by atoms with Crippen molar-refractivity contribution in [3.05, 3.63) is 0 Å². The molecular formula is C16H38N4OSSi. The lowest BCUT2D eigenvalue weighted by molar-refractivity contribution is 0.129. The molecule has 0 aromatic heterocycles. The smallest absolute Gasteiger partial charge is 0.0965 e. The zero-order valence-electron chi connectivity index (χ0n) is 15.2. The van der Waals surface area contributed by atoms with E-state index in [9.17, 15) is 0 Å². The van der Waals surface area contributed by atoms with Gasteiger partial charge >= 0.3 is 0 Å². The van der Waals surface area contributed by atoms with Crippen molar-refractivity contribution in [1.29, 1.82) is 0 Å². The lowest BCUT2D eigenvalue weighted by Crippen LogP contribution is -2.28. The van der Waals surface area contributed by atoms with E-state index in [4.69, 9.17) is 4.74 Å². The molecule has 5 nitrogen and oxygen atoms in total. The molecule has 0 aliphatic heterocycles. The third kappa shape index (κ3) is 22.4. The fourth-order valence-electron chi connectivity index (χ4n) is 1.88. The molecule has 7 heteroatoms. The molecule has 0 aromatic rings. The van der Waals surface area contributed by atoms with Crippen LogP contribution in [-0.2, 0) is 4.74 Å². The highest BCUT2D eigenvalue weighted by molar-refractivity contribution is 7.99. The van der Waals surface area contributed by atoms with E-state index in [2.05, 4.69) is 34.7 Å². The van der Waals surface area contributed by atoms with Crippen LogP contribution in [0.4, 0.5) is 0 Å². The van der Waals surface area contributed by atoms with Gasteiger partial charge in [-0.3, -0.25) is 5.32 Å². The second-order valence-electron chi connectivity index (χ2n) is 5.33. The predicted molar refractivity (Wildman–Crippen MR) is 106 cm³/mol. The number of nitrogens with one attached hydrogen (secondary N) is 4. The Morgan fingerprint density at radius 2 is 1.57 bits per heavy atom. The first-order chi connectivity index (χ1) is 11.4. The molecule has 0 bridgehead atoms. The van der Waals surface area contributed by atoms with Gasteiger partial charge in [0.2, 0.25) is 0 Å². The average molecular weight is 363 g/mol. The normalized spacial score (nSPS) is 11.2. The van der Waals surface area contributed by atoms with E-state index in [1.54, 1.807) is 0 Å². The third-order valence-electron chi connectivity index (χ3n) is 3.20. The zero-order chi connectivity index (χ0) is 16.8. The van der Waals surface area contributed by atoms with Crippen LogP contribution in [0.25, 0.3) is 0 Å². The molecule has 0 saturated carbocycles. The Kier molecular flexibility index (Phi) is 22.7. The molecule has 0 aromatic carbocycles. The number of rotatable bonds is 20. The summed E-state index contributed by atoms with van der Waals surface area (Å²) < 4.78 is 5.46. The SMILES string of the molecule is CCNCCNCCCSCCNCCCNCOCC[Si]C. The lowest BCUT2D eigenvalue weighted by Gasteiger charge is -2.07. The van der Waals surface area contributed by atoms with Crippen LogP contribution in [0.1, 0.15) is 19.8 Å². The topological polar surface area (TPSA) is 57.3 Å². The summed E-state index contributed by atoms with van der Waals surface area (Å²) in [6.45, 7) is 13.5. The summed E-state index contributed by atoms with van der Waals surface area (Å²) in [7, 11) is 0.998. The Balaban J connectivity index is 2.92. The number of ether oxygens (including phenoxy) is 1. The monoisotopic (exact) mass is 362 g/mol. The molecule has 0 rings (SSSR count). The summed E-state index contributed by atoms with van der Waals surface area (Å²) in [6.07, 6.45) is 2.43. The second kappa shape index (κ2) is 22.4. The number of hydrogen-bond donors (Lipinski definition) is 4. The summed E-state index contributed by atoms with van der Waals surface area (Å²) in [5, 5.41) is 13.6. The van der Waals surface area contributed by atoms with Crippen molar-refractivity contribution in [2.45, 2.75) is 32.4 Å². The van der Waals surface area contributed by atoms with E-state index >= 15 is 0 Å². The molecule has 0 unspecified atom stereocenters. The number of likely N-dealkylation sites (N-methyl/N-ethyl adjacent to an activating group) is 1. The molecule has 4 N–H and O–H groups in total. The van der Waals surface area contributed by atoms with Crippen molar-refractivity contribution in [1.82, 2.24) is 21.3 Å². The maximum atomic E-state index is 5.46. The van der Waals surface area contributed by atoms with Crippen LogP contribution < -0.4 is 21.3 Å². The highest BCUT2D eigenvalue weighted by Gasteiger charge is 1.93. The van der Waals surface area contributed by atoms with Gasteiger partial charge in [-0.25, -0.2) is 0 Å². The van der Waals surface area contributed by atoms with E-state index in [1.165, 1.54) is 30.4 Å². The summed E-state index contributed by atoms with van der Waals surface area (Å²) in [5.74, 6) is 2.47. The van der Waals surface area contributed by atoms with Crippen molar-refractivity contribution in [3.63, 3.8) is 0 Å². The molecule has 0 spiro atoms. The highest BCUT2D eigenvalue weighted by Crippen LogP contribution is 1.99. The van der Waals surface area contributed by atoms with E-state index < -0.39 is 0 Å². The van der Waals surface area contributed by atoms with Crippen LogP contribution in [0.5, 0.6) is 0 Å². The molecule has 0 heterocycles. The molecule has 0 atom stereocenters. The molecule has 0 saturated heterocycles. The molecule has 138 valence electrons. The van der Waals surface area contributed by atoms with Crippen molar-refractivity contribution in [2.75, 3.05) is 70.7 Å². The Hall–Kier alpha value is 0.367. The third-order valence-corrected chi connectivity index (χ3v) is 4.98. The van der Waals surface area contributed by atoms with Gasteiger partial charge in [-0.2, -0.15) is 11.8 Å². The van der Waals surface area contributed by atoms with Crippen LogP contribution in [0, 0.1) is 0 Å². The first kappa shape index (κ1) is 23.4. The van der Waals surface area contributed by atoms with Crippen molar-refractivity contribution < 1.29 is 4.74 Å². The van der Waals surface area contributed by atoms with Crippen molar-refractivity contribution in [2.24, 2.45) is 0 Å². The first-order valence-electron chi connectivity index (χ1n) is 9.04. The fraction of sp³-hybridized carbons (Fsp3) is 1.00. The van der Waals surface area contributed by atoms with Gasteiger partial charge in [0.05, 0.1) is 6.73 Å². The van der Waals surface area contributed by atoms with Gasteiger partial charge in [0.25, 0.3) is 0 Å². The predicted octanol–water partition coefficient (Wildman–Crippen LogP) is 1.02. The minimum absolute atomic E-state index is 0.697. The van der Waals surface area contributed by atoms with E-state index in [0.29, 0.717) is 6.73 Å². The lowest BCUT2D eigenvalue weighted by atomic mass is 10.4. The standard InChI is InChI=1S/C16H38N4OSSi/c1-3-17-9-10-18-8-5-13-22-14-11-19-6-4-7-20-16-21-12-15-23-2/h17-20H,3-16H2,1-2H3.